The highest BCUT2D eigenvalue weighted by Crippen LogP contribution is 2.68. The number of carbonyl (C=O) groups excluding carboxylic acids is 1. The SMILES string of the molecule is CC(C)[C@H](NC(=O)CC[C@@H](C)[C@H]1CC[C@H]2[C@@H]3C[C@H](O)[C@@H]4C[C@H](O)CC[C@]4(C)[C@H]3CC[C@]12C)C(=O)O. The smallest absolute Gasteiger partial charge is 0.326 e. The van der Waals surface area contributed by atoms with E-state index in [0.29, 0.717) is 36.0 Å². The fraction of sp³-hybridized carbons (Fsp3) is 0.931. The van der Waals surface area contributed by atoms with E-state index in [1.165, 1.54) is 25.7 Å². The molecule has 0 aromatic rings. The number of aliphatic hydroxyl groups is 2. The zero-order chi connectivity index (χ0) is 25.7. The van der Waals surface area contributed by atoms with Gasteiger partial charge in [-0.25, -0.2) is 4.79 Å². The van der Waals surface area contributed by atoms with Gasteiger partial charge in [0.15, 0.2) is 0 Å². The van der Waals surface area contributed by atoms with Gasteiger partial charge in [-0.15, -0.1) is 0 Å². The molecule has 6 nitrogen and oxygen atoms in total. The molecule has 0 heterocycles. The minimum Gasteiger partial charge on any atom is -0.480 e. The maximum absolute atomic E-state index is 12.5. The van der Waals surface area contributed by atoms with Gasteiger partial charge in [0.1, 0.15) is 6.04 Å². The van der Waals surface area contributed by atoms with E-state index in [1.54, 1.807) is 0 Å². The summed E-state index contributed by atoms with van der Waals surface area (Å²) >= 11 is 0. The summed E-state index contributed by atoms with van der Waals surface area (Å²) in [5.74, 6) is 1.77. The average molecular weight is 492 g/mol. The summed E-state index contributed by atoms with van der Waals surface area (Å²) in [6, 6.07) is -0.828. The Morgan fingerprint density at radius 2 is 1.57 bits per heavy atom. The summed E-state index contributed by atoms with van der Waals surface area (Å²) in [6.07, 6.45) is 8.97. The zero-order valence-electron chi connectivity index (χ0n) is 22.5. The van der Waals surface area contributed by atoms with Crippen molar-refractivity contribution in [3.8, 4) is 0 Å². The van der Waals surface area contributed by atoms with Gasteiger partial charge in [-0.2, -0.15) is 0 Å². The molecule has 200 valence electrons. The molecule has 0 saturated heterocycles. The summed E-state index contributed by atoms with van der Waals surface area (Å²) in [4.78, 5) is 24.0. The van der Waals surface area contributed by atoms with Crippen LogP contribution >= 0.6 is 0 Å². The number of carboxylic acid groups (broad SMARTS) is 1. The Hall–Kier alpha value is -1.14. The molecule has 0 radical (unpaired) electrons. The van der Waals surface area contributed by atoms with Gasteiger partial charge in [-0.1, -0.05) is 34.6 Å². The van der Waals surface area contributed by atoms with Crippen LogP contribution in [0.4, 0.5) is 0 Å². The van der Waals surface area contributed by atoms with E-state index in [-0.39, 0.29) is 40.8 Å². The number of carbonyl (C=O) groups is 2. The van der Waals surface area contributed by atoms with Crippen LogP contribution in [0.15, 0.2) is 0 Å². The molecule has 4 fully saturated rings. The van der Waals surface area contributed by atoms with Crippen molar-refractivity contribution in [3.05, 3.63) is 0 Å². The van der Waals surface area contributed by atoms with Gasteiger partial charge in [0, 0.05) is 6.42 Å². The van der Waals surface area contributed by atoms with E-state index >= 15 is 0 Å². The Labute approximate surface area is 211 Å². The number of carboxylic acids is 1. The van der Waals surface area contributed by atoms with Crippen molar-refractivity contribution in [2.24, 2.45) is 52.3 Å². The van der Waals surface area contributed by atoms with E-state index in [2.05, 4.69) is 26.1 Å². The topological polar surface area (TPSA) is 107 Å². The Morgan fingerprint density at radius 1 is 0.914 bits per heavy atom. The van der Waals surface area contributed by atoms with Crippen molar-refractivity contribution in [1.82, 2.24) is 5.32 Å². The molecule has 0 bridgehead atoms. The lowest BCUT2D eigenvalue weighted by Crippen LogP contribution is -2.58. The highest BCUT2D eigenvalue weighted by molar-refractivity contribution is 5.83. The zero-order valence-corrected chi connectivity index (χ0v) is 22.5. The number of aliphatic carboxylic acids is 1. The number of aliphatic hydroxyl groups excluding tert-OH is 2. The van der Waals surface area contributed by atoms with E-state index in [9.17, 15) is 24.9 Å². The van der Waals surface area contributed by atoms with E-state index in [4.69, 9.17) is 0 Å². The van der Waals surface area contributed by atoms with Crippen LogP contribution in [0.1, 0.15) is 98.8 Å². The van der Waals surface area contributed by atoms with Gasteiger partial charge in [0.25, 0.3) is 0 Å². The molecule has 0 aromatic heterocycles. The molecule has 4 rings (SSSR count). The molecule has 1 amide bonds. The molecule has 0 aliphatic heterocycles. The van der Waals surface area contributed by atoms with E-state index in [0.717, 1.165) is 32.1 Å². The second-order valence-electron chi connectivity index (χ2n) is 13.6. The number of nitrogens with one attached hydrogen (secondary N) is 1. The van der Waals surface area contributed by atoms with Crippen molar-refractivity contribution in [1.29, 1.82) is 0 Å². The number of hydrogen-bond donors (Lipinski definition) is 4. The van der Waals surface area contributed by atoms with Gasteiger partial charge < -0.3 is 20.6 Å². The summed E-state index contributed by atoms with van der Waals surface area (Å²) in [7, 11) is 0. The fourth-order valence-electron chi connectivity index (χ4n) is 9.57. The van der Waals surface area contributed by atoms with E-state index < -0.39 is 12.0 Å². The molecule has 0 aromatic carbocycles. The van der Waals surface area contributed by atoms with E-state index in [1.807, 2.05) is 13.8 Å². The third-order valence-corrected chi connectivity index (χ3v) is 11.5. The third-order valence-electron chi connectivity index (χ3n) is 11.5. The van der Waals surface area contributed by atoms with Gasteiger partial charge in [0.2, 0.25) is 5.91 Å². The van der Waals surface area contributed by atoms with Crippen LogP contribution in [0.3, 0.4) is 0 Å². The van der Waals surface area contributed by atoms with Gasteiger partial charge in [0.05, 0.1) is 12.2 Å². The number of hydrogen-bond acceptors (Lipinski definition) is 4. The summed E-state index contributed by atoms with van der Waals surface area (Å²) in [5.41, 5.74) is 0.386. The average Bonchev–Trinajstić information content (AvgIpc) is 3.14. The molecule has 35 heavy (non-hydrogen) atoms. The van der Waals surface area contributed by atoms with Crippen molar-refractivity contribution in [2.45, 2.75) is 117 Å². The molecule has 0 unspecified atom stereocenters. The highest BCUT2D eigenvalue weighted by Gasteiger charge is 2.62. The molecular formula is C29H49NO5. The molecule has 4 saturated carbocycles. The maximum atomic E-state index is 12.5. The van der Waals surface area contributed by atoms with Crippen LogP contribution in [0.25, 0.3) is 0 Å². The second kappa shape index (κ2) is 9.96. The van der Waals surface area contributed by atoms with Gasteiger partial charge in [-0.05, 0) is 110 Å². The van der Waals surface area contributed by atoms with Crippen LogP contribution in [0.5, 0.6) is 0 Å². The van der Waals surface area contributed by atoms with Gasteiger partial charge >= 0.3 is 5.97 Å². The quantitative estimate of drug-likeness (QED) is 0.416. The predicted octanol–water partition coefficient (Wildman–Crippen LogP) is 4.62. The lowest BCUT2D eigenvalue weighted by Gasteiger charge is -2.62. The Morgan fingerprint density at radius 3 is 2.23 bits per heavy atom. The number of rotatable bonds is 7. The lowest BCUT2D eigenvalue weighted by molar-refractivity contribution is -0.172. The molecular weight excluding hydrogens is 442 g/mol. The largest absolute Gasteiger partial charge is 0.480 e. The van der Waals surface area contributed by atoms with Crippen molar-refractivity contribution < 1.29 is 24.9 Å². The second-order valence-corrected chi connectivity index (χ2v) is 13.6. The highest BCUT2D eigenvalue weighted by atomic mass is 16.4. The van der Waals surface area contributed by atoms with Crippen molar-refractivity contribution >= 4 is 11.9 Å². The third kappa shape index (κ3) is 4.79. The number of fused-ring (bicyclic) bond motifs is 5. The first kappa shape index (κ1) is 26.9. The molecule has 6 heteroatoms. The first-order valence-corrected chi connectivity index (χ1v) is 14.3. The summed E-state index contributed by atoms with van der Waals surface area (Å²) in [6.45, 7) is 10.8. The fourth-order valence-corrected chi connectivity index (χ4v) is 9.57. The molecule has 4 aliphatic rings. The Kier molecular flexibility index (Phi) is 7.66. The minimum atomic E-state index is -0.970. The minimum absolute atomic E-state index is 0.140. The predicted molar refractivity (Wildman–Crippen MR) is 135 cm³/mol. The van der Waals surface area contributed by atoms with Crippen molar-refractivity contribution in [3.63, 3.8) is 0 Å². The van der Waals surface area contributed by atoms with Crippen LogP contribution in [0, 0.1) is 52.3 Å². The van der Waals surface area contributed by atoms with Crippen LogP contribution in [-0.2, 0) is 9.59 Å². The molecule has 11 atom stereocenters. The van der Waals surface area contributed by atoms with Crippen LogP contribution in [-0.4, -0.2) is 45.4 Å². The standard InChI is InChI=1S/C29H49NO5/c1-16(2)26(27(34)35)30-25(33)9-6-17(3)20-7-8-21-19-15-24(32)23-14-18(31)10-12-29(23,5)22(19)11-13-28(20,21)4/h16-24,26,31-32H,6-15H2,1-5H3,(H,30,33)(H,34,35)/t17-,18-,19+,20-,21+,22+,23+,24+,26+,28-,29-/m1/s1. The van der Waals surface area contributed by atoms with Crippen LogP contribution in [0.2, 0.25) is 0 Å². The number of amides is 1. The van der Waals surface area contributed by atoms with Crippen LogP contribution < -0.4 is 5.32 Å². The summed E-state index contributed by atoms with van der Waals surface area (Å²) < 4.78 is 0. The Balaban J connectivity index is 1.41. The molecule has 4 aliphatic carbocycles. The lowest BCUT2D eigenvalue weighted by atomic mass is 9.44. The maximum Gasteiger partial charge on any atom is 0.326 e. The normalized spacial score (nSPS) is 44.6. The first-order chi connectivity index (χ1) is 16.4. The molecule has 4 N–H and O–H groups in total. The monoisotopic (exact) mass is 491 g/mol. The van der Waals surface area contributed by atoms with Gasteiger partial charge in [-0.3, -0.25) is 4.79 Å². The first-order valence-electron chi connectivity index (χ1n) is 14.3. The molecule has 0 spiro atoms. The summed E-state index contributed by atoms with van der Waals surface area (Å²) in [5, 5.41) is 33.6. The Bertz CT molecular complexity index is 800. The van der Waals surface area contributed by atoms with Crippen molar-refractivity contribution in [2.75, 3.05) is 0 Å².